The summed E-state index contributed by atoms with van der Waals surface area (Å²) in [5.74, 6) is 0.827. The Morgan fingerprint density at radius 3 is 2.36 bits per heavy atom. The molecule has 0 spiro atoms. The molecule has 0 saturated carbocycles. The van der Waals surface area contributed by atoms with Crippen LogP contribution in [0.1, 0.15) is 32.1 Å². The van der Waals surface area contributed by atoms with Crippen LogP contribution in [0.5, 0.6) is 5.75 Å². The van der Waals surface area contributed by atoms with Crippen LogP contribution in [0, 0.1) is 0 Å². The Balaban J connectivity index is 1.71. The Bertz CT molecular complexity index is 589. The number of hydrogen-bond donors (Lipinski definition) is 0. The van der Waals surface area contributed by atoms with E-state index in [1.54, 1.807) is 12.1 Å². The molecule has 0 unspecified atom stereocenters. The summed E-state index contributed by atoms with van der Waals surface area (Å²) in [6, 6.07) is 6.35. The van der Waals surface area contributed by atoms with E-state index in [0.717, 1.165) is 25.9 Å². The summed E-state index contributed by atoms with van der Waals surface area (Å²) in [5, 5.41) is 0. The lowest BCUT2D eigenvalue weighted by molar-refractivity contribution is -0.132. The van der Waals surface area contributed by atoms with Gasteiger partial charge in [0, 0.05) is 25.8 Å². The largest absolute Gasteiger partial charge is 0.494 e. The number of nitrogens with zero attached hydrogens (tertiary/aromatic N) is 1. The predicted molar refractivity (Wildman–Crippen MR) is 84.7 cm³/mol. The number of benzene rings is 1. The zero-order valence-corrected chi connectivity index (χ0v) is 13.8. The van der Waals surface area contributed by atoms with E-state index in [1.807, 2.05) is 4.90 Å². The molecule has 0 atom stereocenters. The molecule has 0 bridgehead atoms. The lowest BCUT2D eigenvalue weighted by atomic mass is 10.1. The second kappa shape index (κ2) is 7.63. The van der Waals surface area contributed by atoms with Gasteiger partial charge in [0.25, 0.3) is 0 Å². The van der Waals surface area contributed by atoms with Crippen molar-refractivity contribution in [3.05, 3.63) is 24.3 Å². The van der Waals surface area contributed by atoms with Gasteiger partial charge in [0.2, 0.25) is 5.91 Å². The molecule has 1 aliphatic heterocycles. The Hall–Kier alpha value is -1.56. The quantitative estimate of drug-likeness (QED) is 0.753. The highest BCUT2D eigenvalue weighted by Crippen LogP contribution is 2.16. The third-order valence-corrected chi connectivity index (χ3v) is 4.89. The Morgan fingerprint density at radius 2 is 1.77 bits per heavy atom. The Morgan fingerprint density at radius 1 is 1.14 bits per heavy atom. The van der Waals surface area contributed by atoms with E-state index in [4.69, 9.17) is 4.74 Å². The number of amides is 1. The van der Waals surface area contributed by atoms with Gasteiger partial charge in [0.05, 0.1) is 11.5 Å². The third-order valence-electron chi connectivity index (χ3n) is 3.76. The van der Waals surface area contributed by atoms with Crippen molar-refractivity contribution in [2.24, 2.45) is 0 Å². The lowest BCUT2D eigenvalue weighted by Crippen LogP contribution is -2.35. The van der Waals surface area contributed by atoms with Crippen molar-refractivity contribution in [3.63, 3.8) is 0 Å². The monoisotopic (exact) mass is 325 g/mol. The van der Waals surface area contributed by atoms with E-state index >= 15 is 0 Å². The molecule has 1 aromatic rings. The molecule has 0 N–H and O–H groups in total. The first-order valence-corrected chi connectivity index (χ1v) is 9.57. The average molecular weight is 325 g/mol. The lowest BCUT2D eigenvalue weighted by Gasteiger charge is -2.26. The summed E-state index contributed by atoms with van der Waals surface area (Å²) in [5.41, 5.74) is 0. The smallest absolute Gasteiger partial charge is 0.222 e. The van der Waals surface area contributed by atoms with Crippen molar-refractivity contribution >= 4 is 15.7 Å². The maximum Gasteiger partial charge on any atom is 0.222 e. The summed E-state index contributed by atoms with van der Waals surface area (Å²) in [7, 11) is -3.17. The SMILES string of the molecule is CS(=O)(=O)c1ccc(OCCCC(=O)N2CCCCC2)cc1. The molecule has 1 fully saturated rings. The van der Waals surface area contributed by atoms with Crippen LogP contribution in [-0.2, 0) is 14.6 Å². The van der Waals surface area contributed by atoms with Gasteiger partial charge in [-0.25, -0.2) is 8.42 Å². The van der Waals surface area contributed by atoms with Gasteiger partial charge in [-0.1, -0.05) is 0 Å². The minimum Gasteiger partial charge on any atom is -0.494 e. The fourth-order valence-corrected chi connectivity index (χ4v) is 3.13. The number of carbonyl (C=O) groups excluding carboxylic acids is 1. The third kappa shape index (κ3) is 5.02. The number of sulfone groups is 1. The van der Waals surface area contributed by atoms with Crippen molar-refractivity contribution < 1.29 is 17.9 Å². The van der Waals surface area contributed by atoms with Gasteiger partial charge >= 0.3 is 0 Å². The fourth-order valence-electron chi connectivity index (χ4n) is 2.50. The predicted octanol–water partition coefficient (Wildman–Crippen LogP) is 2.26. The van der Waals surface area contributed by atoms with Crippen molar-refractivity contribution in [3.8, 4) is 5.75 Å². The minimum atomic E-state index is -3.17. The first-order valence-electron chi connectivity index (χ1n) is 7.67. The maximum atomic E-state index is 12.0. The van der Waals surface area contributed by atoms with Gasteiger partial charge in [0.1, 0.15) is 5.75 Å². The van der Waals surface area contributed by atoms with E-state index in [1.165, 1.54) is 24.8 Å². The van der Waals surface area contributed by atoms with Crippen LogP contribution < -0.4 is 4.74 Å². The van der Waals surface area contributed by atoms with Gasteiger partial charge in [-0.3, -0.25) is 4.79 Å². The summed E-state index contributed by atoms with van der Waals surface area (Å²) < 4.78 is 28.2. The Labute approximate surface area is 132 Å². The molecule has 5 nitrogen and oxygen atoms in total. The molecule has 2 rings (SSSR count). The van der Waals surface area contributed by atoms with Crippen LogP contribution in [0.25, 0.3) is 0 Å². The molecule has 0 aromatic heterocycles. The summed E-state index contributed by atoms with van der Waals surface area (Å²) >= 11 is 0. The minimum absolute atomic E-state index is 0.204. The van der Waals surface area contributed by atoms with E-state index in [2.05, 4.69) is 0 Å². The molecular formula is C16H23NO4S. The van der Waals surface area contributed by atoms with E-state index in [0.29, 0.717) is 25.2 Å². The number of likely N-dealkylation sites (tertiary alicyclic amines) is 1. The van der Waals surface area contributed by atoms with Gasteiger partial charge in [-0.15, -0.1) is 0 Å². The van der Waals surface area contributed by atoms with Crippen LogP contribution in [0.4, 0.5) is 0 Å². The van der Waals surface area contributed by atoms with Crippen LogP contribution in [0.2, 0.25) is 0 Å². The number of rotatable bonds is 6. The second-order valence-electron chi connectivity index (χ2n) is 5.64. The normalized spacial score (nSPS) is 15.6. The Kier molecular flexibility index (Phi) is 5.83. The van der Waals surface area contributed by atoms with Gasteiger partial charge in [-0.05, 0) is 49.9 Å². The van der Waals surface area contributed by atoms with Crippen molar-refractivity contribution in [1.82, 2.24) is 4.90 Å². The highest BCUT2D eigenvalue weighted by atomic mass is 32.2. The standard InChI is InChI=1S/C16H23NO4S/c1-22(19,20)15-9-7-14(8-10-15)21-13-5-6-16(18)17-11-3-2-4-12-17/h7-10H,2-6,11-13H2,1H3. The number of ether oxygens (including phenoxy) is 1. The highest BCUT2D eigenvalue weighted by Gasteiger charge is 2.15. The summed E-state index contributed by atoms with van der Waals surface area (Å²) in [4.78, 5) is 14.2. The fraction of sp³-hybridized carbons (Fsp3) is 0.562. The van der Waals surface area contributed by atoms with Crippen molar-refractivity contribution in [2.45, 2.75) is 37.0 Å². The zero-order valence-electron chi connectivity index (χ0n) is 13.0. The average Bonchev–Trinajstić information content (AvgIpc) is 2.52. The molecule has 1 aromatic carbocycles. The first kappa shape index (κ1) is 16.8. The van der Waals surface area contributed by atoms with Crippen LogP contribution in [-0.4, -0.2) is 45.2 Å². The summed E-state index contributed by atoms with van der Waals surface area (Å²) in [6.07, 6.45) is 5.78. The summed E-state index contributed by atoms with van der Waals surface area (Å²) in [6.45, 7) is 2.22. The van der Waals surface area contributed by atoms with Crippen molar-refractivity contribution in [2.75, 3.05) is 26.0 Å². The molecule has 1 aliphatic rings. The molecule has 1 saturated heterocycles. The van der Waals surface area contributed by atoms with Gasteiger partial charge in [-0.2, -0.15) is 0 Å². The van der Waals surface area contributed by atoms with E-state index < -0.39 is 9.84 Å². The molecule has 0 aliphatic carbocycles. The molecule has 122 valence electrons. The van der Waals surface area contributed by atoms with Crippen molar-refractivity contribution in [1.29, 1.82) is 0 Å². The van der Waals surface area contributed by atoms with Crippen LogP contribution >= 0.6 is 0 Å². The molecule has 6 heteroatoms. The number of carbonyl (C=O) groups is 1. The molecule has 1 heterocycles. The van der Waals surface area contributed by atoms with Crippen LogP contribution in [0.15, 0.2) is 29.2 Å². The second-order valence-corrected chi connectivity index (χ2v) is 7.65. The molecule has 22 heavy (non-hydrogen) atoms. The first-order chi connectivity index (χ1) is 10.5. The van der Waals surface area contributed by atoms with E-state index in [9.17, 15) is 13.2 Å². The van der Waals surface area contributed by atoms with Gasteiger partial charge < -0.3 is 9.64 Å². The topological polar surface area (TPSA) is 63.7 Å². The number of piperidine rings is 1. The zero-order chi connectivity index (χ0) is 16.0. The number of hydrogen-bond acceptors (Lipinski definition) is 4. The molecule has 1 amide bonds. The molecular weight excluding hydrogens is 302 g/mol. The maximum absolute atomic E-state index is 12.0. The van der Waals surface area contributed by atoms with Gasteiger partial charge in [0.15, 0.2) is 9.84 Å². The molecule has 0 radical (unpaired) electrons. The highest BCUT2D eigenvalue weighted by molar-refractivity contribution is 7.90. The van der Waals surface area contributed by atoms with E-state index in [-0.39, 0.29) is 10.8 Å². The van der Waals surface area contributed by atoms with Crippen LogP contribution in [0.3, 0.4) is 0 Å².